The van der Waals surface area contributed by atoms with Crippen molar-refractivity contribution in [2.45, 2.75) is 125 Å². The molecule has 4 aliphatic rings. The average Bonchev–Trinajstić information content (AvgIpc) is 3.55. The lowest BCUT2D eigenvalue weighted by Gasteiger charge is -2.42. The zero-order valence-electron chi connectivity index (χ0n) is 41.1. The van der Waals surface area contributed by atoms with E-state index in [1.807, 2.05) is 25.8 Å². The molecule has 1 saturated heterocycles. The van der Waals surface area contributed by atoms with Crippen molar-refractivity contribution < 1.29 is 58.9 Å². The molecule has 4 aliphatic heterocycles. The molecule has 16 nitrogen and oxygen atoms in total. The Kier molecular flexibility index (Phi) is 15.7. The van der Waals surface area contributed by atoms with Gasteiger partial charge in [-0.2, -0.15) is 5.10 Å². The van der Waals surface area contributed by atoms with Gasteiger partial charge in [0.15, 0.2) is 5.75 Å². The molecule has 0 aliphatic carbocycles. The van der Waals surface area contributed by atoms with Crippen molar-refractivity contribution in [1.29, 1.82) is 0 Å². The number of fused-ring (bicyclic) bond motifs is 14. The second kappa shape index (κ2) is 20.7. The molecular weight excluding hydrogens is 873 g/mol. The number of aromatic hydroxyl groups is 3. The number of ether oxygens (including phenoxy) is 4. The van der Waals surface area contributed by atoms with Crippen molar-refractivity contribution in [2.75, 3.05) is 25.5 Å². The van der Waals surface area contributed by atoms with Gasteiger partial charge in [0.1, 0.15) is 23.4 Å². The number of anilines is 1. The highest BCUT2D eigenvalue weighted by Crippen LogP contribution is 2.55. The smallest absolute Gasteiger partial charge is 0.312 e. The van der Waals surface area contributed by atoms with Gasteiger partial charge in [-0.3, -0.25) is 24.3 Å². The van der Waals surface area contributed by atoms with Gasteiger partial charge >= 0.3 is 11.8 Å². The Hall–Kier alpha value is -5.94. The number of Topliss-reactive ketones (excluding diaryl/α,β-unsaturated/α-hetero) is 1. The molecule has 1 amide bonds. The fraction of sp³-hybridized carbons (Fsp3) is 0.500. The number of esters is 1. The zero-order valence-corrected chi connectivity index (χ0v) is 41.1. The molecule has 11 atom stereocenters. The molecule has 68 heavy (non-hydrogen) atoms. The average molecular weight is 941 g/mol. The Morgan fingerprint density at radius 3 is 2.16 bits per heavy atom. The first-order valence-electron chi connectivity index (χ1n) is 23.2. The number of phenolic OH excluding ortho intramolecular Hbond substituents is 3. The first-order chi connectivity index (χ1) is 32.0. The van der Waals surface area contributed by atoms with Gasteiger partial charge < -0.3 is 49.8 Å². The summed E-state index contributed by atoms with van der Waals surface area (Å²) in [6, 6.07) is 8.19. The molecular formula is C52H68N4O12. The van der Waals surface area contributed by atoms with Gasteiger partial charge in [-0.25, -0.2) is 0 Å². The van der Waals surface area contributed by atoms with Gasteiger partial charge in [0.05, 0.1) is 65.1 Å². The van der Waals surface area contributed by atoms with Crippen molar-refractivity contribution in [3.8, 4) is 23.0 Å². The minimum Gasteiger partial charge on any atom is -0.507 e. The van der Waals surface area contributed by atoms with Gasteiger partial charge in [-0.1, -0.05) is 75.8 Å². The number of rotatable bonds is 6. The standard InChI is InChI=1S/C52H68N4O12/c1-26-16-18-36(19-17-26)25-55-23-29(4)56(30(5)24-55)53-22-37-42-47(62)40-39(46(37)61)41-49(34(9)45(40)60)68-52(11,50(41)63)66-21-20-38(65-12)31(6)48(67-35(10)57)33(8)44(59)32(7)43(58)27(2)14-13-15-28(3)51(64)54-42/h13-22,27,29-33,38,43-44,48,58-62H,23-25H2,1-12H3,(H,54,64)/b14-13+,21-20+,28-15-,53-22+/t27-,29?,30?,31-,32-,33-,38+,43+,44-,48-,52+/m1/s1. The van der Waals surface area contributed by atoms with E-state index in [4.69, 9.17) is 24.0 Å². The number of methoxy groups -OCH3 is 1. The molecule has 368 valence electrons. The number of benzene rings is 3. The summed E-state index contributed by atoms with van der Waals surface area (Å²) in [5.74, 6) is -8.46. The van der Waals surface area contributed by atoms with E-state index in [9.17, 15) is 39.9 Å². The van der Waals surface area contributed by atoms with E-state index in [0.717, 1.165) is 6.54 Å². The highest BCUT2D eigenvalue weighted by molar-refractivity contribution is 6.23. The second-order valence-corrected chi connectivity index (χ2v) is 19.1. The SMILES string of the molecule is CO[C@H]1/C=C/O[C@@]2(C)Oc3c(C)c(O)c4c(O)c(c(/C=N/N5C(C)CN(Cc6ccc(C)cc6)CC5C)c(O)c4c3C2=O)NC(=O)/C(C)=C\C=C\[C@@H](C)[C@H](O)[C@@H](C)[C@@H](O)[C@@H](C)[C@H](OC(C)=O)[C@@H]1C. The predicted molar refractivity (Wildman–Crippen MR) is 259 cm³/mol. The number of piperazine rings is 1. The van der Waals surface area contributed by atoms with E-state index in [1.54, 1.807) is 39.8 Å². The van der Waals surface area contributed by atoms with Crippen LogP contribution in [0.25, 0.3) is 10.8 Å². The number of phenols is 3. The van der Waals surface area contributed by atoms with E-state index in [-0.39, 0.29) is 56.6 Å². The molecule has 3 aromatic carbocycles. The van der Waals surface area contributed by atoms with Gasteiger partial charge in [0.2, 0.25) is 0 Å². The second-order valence-electron chi connectivity index (χ2n) is 19.1. The molecule has 5 bridgehead atoms. The minimum atomic E-state index is -2.07. The van der Waals surface area contributed by atoms with E-state index >= 15 is 0 Å². The van der Waals surface area contributed by atoms with Crippen molar-refractivity contribution in [1.82, 2.24) is 9.91 Å². The van der Waals surface area contributed by atoms with E-state index < -0.39 is 88.8 Å². The van der Waals surface area contributed by atoms with Crippen LogP contribution in [0.3, 0.4) is 0 Å². The van der Waals surface area contributed by atoms with Gasteiger partial charge in [-0.15, -0.1) is 0 Å². The number of nitrogens with one attached hydrogen (secondary N) is 1. The first kappa shape index (κ1) is 51.5. The van der Waals surface area contributed by atoms with Gasteiger partial charge in [0.25, 0.3) is 11.7 Å². The molecule has 4 heterocycles. The lowest BCUT2D eigenvalue weighted by atomic mass is 9.78. The summed E-state index contributed by atoms with van der Waals surface area (Å²) in [5.41, 5.74) is 1.97. The van der Waals surface area contributed by atoms with Crippen molar-refractivity contribution in [3.63, 3.8) is 0 Å². The summed E-state index contributed by atoms with van der Waals surface area (Å²) in [7, 11) is 1.44. The number of allylic oxidation sites excluding steroid dienone is 2. The summed E-state index contributed by atoms with van der Waals surface area (Å²) in [4.78, 5) is 43.4. The first-order valence-corrected chi connectivity index (χ1v) is 23.2. The number of aryl methyl sites for hydroxylation is 1. The molecule has 0 aromatic heterocycles. The van der Waals surface area contributed by atoms with Crippen LogP contribution in [0, 0.1) is 37.5 Å². The summed E-state index contributed by atoms with van der Waals surface area (Å²) in [6.45, 7) is 20.7. The third-order valence-electron chi connectivity index (χ3n) is 13.8. The number of hydrogen-bond acceptors (Lipinski definition) is 15. The van der Waals surface area contributed by atoms with Crippen molar-refractivity contribution in [2.24, 2.45) is 28.8 Å². The molecule has 2 unspecified atom stereocenters. The summed E-state index contributed by atoms with van der Waals surface area (Å²) in [5, 5.41) is 68.2. The number of hydrazone groups is 1. The van der Waals surface area contributed by atoms with Gasteiger partial charge in [-0.05, 0) is 46.3 Å². The third kappa shape index (κ3) is 10.2. The minimum absolute atomic E-state index is 0.0501. The van der Waals surface area contributed by atoms with Crippen LogP contribution in [-0.4, -0.2) is 122 Å². The Morgan fingerprint density at radius 1 is 0.897 bits per heavy atom. The third-order valence-corrected chi connectivity index (χ3v) is 13.8. The van der Waals surface area contributed by atoms with Gasteiger partial charge in [0, 0.05) is 80.8 Å². The zero-order chi connectivity index (χ0) is 50.1. The number of carbonyl (C=O) groups is 3. The largest absolute Gasteiger partial charge is 0.507 e. The van der Waals surface area contributed by atoms with E-state index in [2.05, 4.69) is 34.5 Å². The molecule has 7 rings (SSSR count). The lowest BCUT2D eigenvalue weighted by molar-refractivity contribution is -0.160. The summed E-state index contributed by atoms with van der Waals surface area (Å²) in [6.07, 6.45) is 4.89. The van der Waals surface area contributed by atoms with Crippen LogP contribution in [-0.2, 0) is 30.3 Å². The number of hydrogen-bond donors (Lipinski definition) is 6. The normalized spacial score (nSPS) is 31.6. The highest BCUT2D eigenvalue weighted by Gasteiger charge is 2.50. The number of amides is 1. The topological polar surface area (TPSA) is 220 Å². The maximum absolute atomic E-state index is 14.7. The lowest BCUT2D eigenvalue weighted by Crippen LogP contribution is -2.54. The number of carbonyl (C=O) groups excluding carboxylic acids is 3. The molecule has 16 heteroatoms. The summed E-state index contributed by atoms with van der Waals surface area (Å²) >= 11 is 0. The molecule has 3 aromatic rings. The van der Waals surface area contributed by atoms with Crippen LogP contribution in [0.1, 0.15) is 94.9 Å². The molecule has 0 saturated carbocycles. The Balaban J connectivity index is 1.48. The maximum Gasteiger partial charge on any atom is 0.312 e. The monoisotopic (exact) mass is 940 g/mol. The number of ketones is 1. The van der Waals surface area contributed by atoms with Crippen LogP contribution in [0.4, 0.5) is 5.69 Å². The molecule has 6 N–H and O–H groups in total. The Morgan fingerprint density at radius 2 is 1.54 bits per heavy atom. The van der Waals surface area contributed by atoms with Crippen molar-refractivity contribution in [3.05, 3.63) is 88.2 Å². The molecule has 1 fully saturated rings. The van der Waals surface area contributed by atoms with Crippen LogP contribution >= 0.6 is 0 Å². The Labute approximate surface area is 398 Å². The Bertz CT molecular complexity index is 2510. The predicted octanol–water partition coefficient (Wildman–Crippen LogP) is 6.99. The van der Waals surface area contributed by atoms with Crippen LogP contribution in [0.2, 0.25) is 0 Å². The highest BCUT2D eigenvalue weighted by atomic mass is 16.7. The van der Waals surface area contributed by atoms with Crippen molar-refractivity contribution >= 4 is 40.3 Å². The molecule has 0 spiro atoms. The van der Waals surface area contributed by atoms with E-state index in [1.165, 1.54) is 70.6 Å². The summed E-state index contributed by atoms with van der Waals surface area (Å²) < 4.78 is 23.8. The number of aliphatic hydroxyl groups is 2. The van der Waals surface area contributed by atoms with E-state index in [0.29, 0.717) is 13.1 Å². The fourth-order valence-corrected chi connectivity index (χ4v) is 9.73. The fourth-order valence-electron chi connectivity index (χ4n) is 9.73. The van der Waals surface area contributed by atoms with Crippen LogP contribution in [0.15, 0.2) is 65.5 Å². The number of nitrogens with zero attached hydrogens (tertiary/aromatic N) is 3. The molecule has 0 radical (unpaired) electrons. The quantitative estimate of drug-likeness (QED) is 0.0635. The maximum atomic E-state index is 14.7. The van der Waals surface area contributed by atoms with Crippen LogP contribution in [0.5, 0.6) is 23.0 Å². The number of aliphatic hydroxyl groups excluding tert-OH is 2. The van der Waals surface area contributed by atoms with Crippen LogP contribution < -0.4 is 10.1 Å².